The Labute approximate surface area is 164 Å². The van der Waals surface area contributed by atoms with Crippen LogP contribution in [0, 0.1) is 0 Å². The maximum absolute atomic E-state index is 5.40. The van der Waals surface area contributed by atoms with Gasteiger partial charge in [0.1, 0.15) is 5.82 Å². The van der Waals surface area contributed by atoms with Crippen molar-refractivity contribution in [2.75, 3.05) is 38.1 Å². The van der Waals surface area contributed by atoms with Gasteiger partial charge in [0.2, 0.25) is 11.7 Å². The second-order valence-corrected chi connectivity index (χ2v) is 5.86. The first-order valence-corrected chi connectivity index (χ1v) is 8.92. The lowest BCUT2D eigenvalue weighted by Crippen LogP contribution is -2.17. The van der Waals surface area contributed by atoms with Gasteiger partial charge in [-0.05, 0) is 25.1 Å². The Hall–Kier alpha value is -3.48. The van der Waals surface area contributed by atoms with Gasteiger partial charge in [-0.2, -0.15) is 4.98 Å². The summed E-state index contributed by atoms with van der Waals surface area (Å²) in [7, 11) is 4.73. The molecule has 1 N–H and O–H groups in total. The van der Waals surface area contributed by atoms with Crippen LogP contribution in [0.2, 0.25) is 0 Å². The Morgan fingerprint density at radius 3 is 2.18 bits per heavy atom. The molecule has 3 rings (SSSR count). The Bertz CT molecular complexity index is 894. The first kappa shape index (κ1) is 19.3. The summed E-state index contributed by atoms with van der Waals surface area (Å²) in [5.74, 6) is 2.92. The van der Waals surface area contributed by atoms with Crippen molar-refractivity contribution in [3.8, 4) is 17.2 Å². The third-order valence-corrected chi connectivity index (χ3v) is 4.22. The van der Waals surface area contributed by atoms with Gasteiger partial charge in [0.15, 0.2) is 11.5 Å². The number of aromatic nitrogens is 2. The molecule has 0 atom stereocenters. The minimum Gasteiger partial charge on any atom is -0.493 e. The predicted octanol–water partition coefficient (Wildman–Crippen LogP) is 4.40. The molecule has 0 fully saturated rings. The number of anilines is 4. The van der Waals surface area contributed by atoms with E-state index in [1.54, 1.807) is 27.5 Å². The lowest BCUT2D eigenvalue weighted by molar-refractivity contribution is 0.324. The highest BCUT2D eigenvalue weighted by Crippen LogP contribution is 2.40. The Morgan fingerprint density at radius 2 is 1.61 bits per heavy atom. The standard InChI is InChI=1S/C21H24N4O3/c1-5-25(16-9-7-6-8-10-16)19-11-12-22-21(24-19)23-15-13-17(26-2)20(28-4)18(14-15)27-3/h6-14H,5H2,1-4H3,(H,22,23,24). The largest absolute Gasteiger partial charge is 0.493 e. The molecule has 0 aliphatic heterocycles. The van der Waals surface area contributed by atoms with E-state index < -0.39 is 0 Å². The fraction of sp³-hybridized carbons (Fsp3) is 0.238. The molecule has 0 saturated heterocycles. The summed E-state index contributed by atoms with van der Waals surface area (Å²) in [6, 6.07) is 15.6. The maximum Gasteiger partial charge on any atom is 0.229 e. The highest BCUT2D eigenvalue weighted by molar-refractivity contribution is 5.67. The maximum atomic E-state index is 5.40. The van der Waals surface area contributed by atoms with Crippen LogP contribution >= 0.6 is 0 Å². The number of rotatable bonds is 8. The number of methoxy groups -OCH3 is 3. The van der Waals surface area contributed by atoms with Crippen LogP contribution in [0.15, 0.2) is 54.7 Å². The van der Waals surface area contributed by atoms with Gasteiger partial charge in [-0.3, -0.25) is 0 Å². The SMILES string of the molecule is CCN(c1ccccc1)c1ccnc(Nc2cc(OC)c(OC)c(OC)c2)n1. The molecule has 0 aliphatic carbocycles. The second kappa shape index (κ2) is 8.94. The minimum atomic E-state index is 0.473. The fourth-order valence-corrected chi connectivity index (χ4v) is 2.93. The van der Waals surface area contributed by atoms with E-state index in [1.807, 2.05) is 36.4 Å². The average Bonchev–Trinajstić information content (AvgIpc) is 2.74. The van der Waals surface area contributed by atoms with Crippen molar-refractivity contribution >= 4 is 23.1 Å². The highest BCUT2D eigenvalue weighted by atomic mass is 16.5. The topological polar surface area (TPSA) is 68.7 Å². The fourth-order valence-electron chi connectivity index (χ4n) is 2.93. The molecule has 0 unspecified atom stereocenters. The van der Waals surface area contributed by atoms with Crippen LogP contribution in [0.1, 0.15) is 6.92 Å². The first-order chi connectivity index (χ1) is 13.7. The van der Waals surface area contributed by atoms with Crippen LogP contribution < -0.4 is 24.4 Å². The molecule has 7 heteroatoms. The summed E-state index contributed by atoms with van der Waals surface area (Å²) in [4.78, 5) is 11.1. The van der Waals surface area contributed by atoms with Crippen molar-refractivity contribution in [3.05, 3.63) is 54.7 Å². The first-order valence-electron chi connectivity index (χ1n) is 8.92. The number of hydrogen-bond donors (Lipinski definition) is 1. The number of ether oxygens (including phenoxy) is 3. The van der Waals surface area contributed by atoms with Crippen molar-refractivity contribution in [2.45, 2.75) is 6.92 Å². The molecule has 3 aromatic rings. The summed E-state index contributed by atoms with van der Waals surface area (Å²) in [5.41, 5.74) is 1.80. The van der Waals surface area contributed by atoms with E-state index in [2.05, 4.69) is 39.2 Å². The van der Waals surface area contributed by atoms with Gasteiger partial charge < -0.3 is 24.4 Å². The summed E-state index contributed by atoms with van der Waals surface area (Å²) in [6.45, 7) is 2.87. The Kier molecular flexibility index (Phi) is 6.16. The number of nitrogens with one attached hydrogen (secondary N) is 1. The van der Waals surface area contributed by atoms with Crippen molar-refractivity contribution in [1.82, 2.24) is 9.97 Å². The van der Waals surface area contributed by atoms with Crippen molar-refractivity contribution in [3.63, 3.8) is 0 Å². The molecule has 1 heterocycles. The van der Waals surface area contributed by atoms with Gasteiger partial charge in [-0.15, -0.1) is 0 Å². The number of hydrogen-bond acceptors (Lipinski definition) is 7. The van der Waals surface area contributed by atoms with E-state index in [0.717, 1.165) is 23.7 Å². The monoisotopic (exact) mass is 380 g/mol. The molecule has 7 nitrogen and oxygen atoms in total. The van der Waals surface area contributed by atoms with Gasteiger partial charge in [-0.1, -0.05) is 18.2 Å². The van der Waals surface area contributed by atoms with Gasteiger partial charge in [0.05, 0.1) is 21.3 Å². The number of para-hydroxylation sites is 1. The van der Waals surface area contributed by atoms with E-state index >= 15 is 0 Å². The van der Waals surface area contributed by atoms with Crippen molar-refractivity contribution in [1.29, 1.82) is 0 Å². The van der Waals surface area contributed by atoms with Gasteiger partial charge in [-0.25, -0.2) is 4.98 Å². The molecular formula is C21H24N4O3. The molecule has 2 aromatic carbocycles. The predicted molar refractivity (Wildman–Crippen MR) is 111 cm³/mol. The van der Waals surface area contributed by atoms with Gasteiger partial charge in [0.25, 0.3) is 0 Å². The summed E-state index contributed by atoms with van der Waals surface area (Å²) < 4.78 is 16.2. The van der Waals surface area contributed by atoms with Crippen LogP contribution in [0.5, 0.6) is 17.2 Å². The molecule has 0 aliphatic rings. The van der Waals surface area contributed by atoms with Crippen LogP contribution in [0.4, 0.5) is 23.1 Å². The molecule has 1 aromatic heterocycles. The molecule has 146 valence electrons. The molecule has 28 heavy (non-hydrogen) atoms. The summed E-state index contributed by atoms with van der Waals surface area (Å²) in [6.07, 6.45) is 1.73. The normalized spacial score (nSPS) is 10.3. The van der Waals surface area contributed by atoms with Gasteiger partial charge in [0, 0.05) is 36.2 Å². The summed E-state index contributed by atoms with van der Waals surface area (Å²) >= 11 is 0. The number of benzene rings is 2. The van der Waals surface area contributed by atoms with Crippen LogP contribution in [-0.4, -0.2) is 37.8 Å². The van der Waals surface area contributed by atoms with Gasteiger partial charge >= 0.3 is 0 Å². The zero-order valence-electron chi connectivity index (χ0n) is 16.5. The summed E-state index contributed by atoms with van der Waals surface area (Å²) in [5, 5.41) is 3.21. The minimum absolute atomic E-state index is 0.473. The van der Waals surface area contributed by atoms with Crippen molar-refractivity contribution < 1.29 is 14.2 Å². The lowest BCUT2D eigenvalue weighted by Gasteiger charge is -2.22. The molecule has 0 spiro atoms. The van der Waals surface area contributed by atoms with E-state index in [0.29, 0.717) is 23.2 Å². The molecule has 0 radical (unpaired) electrons. The Balaban J connectivity index is 1.91. The zero-order valence-corrected chi connectivity index (χ0v) is 16.5. The van der Waals surface area contributed by atoms with Crippen LogP contribution in [0.3, 0.4) is 0 Å². The average molecular weight is 380 g/mol. The molecule has 0 amide bonds. The molecular weight excluding hydrogens is 356 g/mol. The highest BCUT2D eigenvalue weighted by Gasteiger charge is 2.14. The molecule has 0 bridgehead atoms. The van der Waals surface area contributed by atoms with Crippen molar-refractivity contribution in [2.24, 2.45) is 0 Å². The quantitative estimate of drug-likeness (QED) is 0.621. The number of nitrogens with zero attached hydrogens (tertiary/aromatic N) is 3. The molecule has 0 saturated carbocycles. The van der Waals surface area contributed by atoms with Crippen LogP contribution in [0.25, 0.3) is 0 Å². The van der Waals surface area contributed by atoms with E-state index in [4.69, 9.17) is 14.2 Å². The van der Waals surface area contributed by atoms with Crippen LogP contribution in [-0.2, 0) is 0 Å². The van der Waals surface area contributed by atoms with E-state index in [9.17, 15) is 0 Å². The smallest absolute Gasteiger partial charge is 0.229 e. The Morgan fingerprint density at radius 1 is 0.929 bits per heavy atom. The van der Waals surface area contributed by atoms with E-state index in [-0.39, 0.29) is 0 Å². The third-order valence-electron chi connectivity index (χ3n) is 4.22. The zero-order chi connectivity index (χ0) is 19.9. The second-order valence-electron chi connectivity index (χ2n) is 5.86. The van der Waals surface area contributed by atoms with E-state index in [1.165, 1.54) is 0 Å². The lowest BCUT2D eigenvalue weighted by atomic mass is 10.2. The third kappa shape index (κ3) is 4.09.